The maximum absolute atomic E-state index is 5.74. The van der Waals surface area contributed by atoms with E-state index in [1.54, 1.807) is 0 Å². The van der Waals surface area contributed by atoms with Gasteiger partial charge in [0.15, 0.2) is 5.88 Å². The van der Waals surface area contributed by atoms with Gasteiger partial charge in [-0.1, -0.05) is 12.1 Å². The molecule has 0 aliphatic heterocycles. The Bertz CT molecular complexity index is 436. The molecule has 0 saturated heterocycles. The van der Waals surface area contributed by atoms with E-state index in [0.29, 0.717) is 5.88 Å². The molecule has 1 heterocycles. The van der Waals surface area contributed by atoms with E-state index in [0.717, 1.165) is 29.0 Å². The Morgan fingerprint density at radius 3 is 2.93 bits per heavy atom. The van der Waals surface area contributed by atoms with Gasteiger partial charge in [-0.3, -0.25) is 0 Å². The van der Waals surface area contributed by atoms with Crippen molar-refractivity contribution >= 4 is 28.5 Å². The molecule has 1 aromatic heterocycles. The molecule has 2 nitrogen and oxygen atoms in total. The molecule has 0 unspecified atom stereocenters. The van der Waals surface area contributed by atoms with Crippen LogP contribution in [0.15, 0.2) is 28.7 Å². The third kappa shape index (κ3) is 1.70. The molecule has 0 spiro atoms. The fourth-order valence-electron chi connectivity index (χ4n) is 1.42. The smallest absolute Gasteiger partial charge is 0.194 e. The van der Waals surface area contributed by atoms with Crippen LogP contribution in [0.3, 0.4) is 0 Å². The van der Waals surface area contributed by atoms with Crippen molar-refractivity contribution in [3.63, 3.8) is 0 Å². The second-order valence-electron chi connectivity index (χ2n) is 3.15. The van der Waals surface area contributed by atoms with Crippen molar-refractivity contribution < 1.29 is 4.42 Å². The lowest BCUT2D eigenvalue weighted by molar-refractivity contribution is 0.628. The summed E-state index contributed by atoms with van der Waals surface area (Å²) in [6.07, 6.45) is 0. The minimum absolute atomic E-state index is 0.521. The molecule has 1 N–H and O–H groups in total. The molecule has 74 valence electrons. The van der Waals surface area contributed by atoms with E-state index >= 15 is 0 Å². The first-order valence-electron chi connectivity index (χ1n) is 4.66. The highest BCUT2D eigenvalue weighted by Crippen LogP contribution is 2.24. The Hall–Kier alpha value is -1.15. The van der Waals surface area contributed by atoms with Gasteiger partial charge in [-0.15, -0.1) is 11.6 Å². The molecule has 0 aliphatic carbocycles. The predicted octanol–water partition coefficient (Wildman–Crippen LogP) is 3.60. The van der Waals surface area contributed by atoms with Crippen molar-refractivity contribution in [3.05, 3.63) is 29.8 Å². The highest BCUT2D eigenvalue weighted by Gasteiger charge is 2.02. The molecule has 3 heteroatoms. The highest BCUT2D eigenvalue weighted by molar-refractivity contribution is 6.17. The van der Waals surface area contributed by atoms with Gasteiger partial charge < -0.3 is 9.73 Å². The molecule has 0 radical (unpaired) electrons. The number of rotatable bonds is 3. The molecule has 14 heavy (non-hydrogen) atoms. The number of halogens is 1. The summed E-state index contributed by atoms with van der Waals surface area (Å²) in [6, 6.07) is 8.01. The van der Waals surface area contributed by atoms with Crippen molar-refractivity contribution in [3.8, 4) is 0 Å². The lowest BCUT2D eigenvalue weighted by Crippen LogP contribution is -1.93. The van der Waals surface area contributed by atoms with Crippen LogP contribution in [-0.4, -0.2) is 6.54 Å². The van der Waals surface area contributed by atoms with Crippen LogP contribution >= 0.6 is 11.6 Å². The standard InChI is InChI=1S/C11H12ClNO/c1-2-13-11-6-9-4-3-8(7-12)5-10(9)14-11/h3-6,13H,2,7H2,1H3. The van der Waals surface area contributed by atoms with Gasteiger partial charge in [0, 0.05) is 23.9 Å². The predicted molar refractivity (Wildman–Crippen MR) is 59.9 cm³/mol. The van der Waals surface area contributed by atoms with Crippen molar-refractivity contribution in [1.82, 2.24) is 0 Å². The summed E-state index contributed by atoms with van der Waals surface area (Å²) in [4.78, 5) is 0. The molecule has 0 aliphatic rings. The SMILES string of the molecule is CCNc1cc2ccc(CCl)cc2o1. The van der Waals surface area contributed by atoms with Crippen molar-refractivity contribution in [2.24, 2.45) is 0 Å². The van der Waals surface area contributed by atoms with E-state index in [9.17, 15) is 0 Å². The summed E-state index contributed by atoms with van der Waals surface area (Å²) in [6.45, 7) is 2.90. The average Bonchev–Trinajstić information content (AvgIpc) is 2.59. The third-order valence-electron chi connectivity index (χ3n) is 2.09. The zero-order valence-electron chi connectivity index (χ0n) is 8.01. The summed E-state index contributed by atoms with van der Waals surface area (Å²) in [7, 11) is 0. The summed E-state index contributed by atoms with van der Waals surface area (Å²) in [5.74, 6) is 1.34. The van der Waals surface area contributed by atoms with E-state index in [2.05, 4.69) is 5.32 Å². The summed E-state index contributed by atoms with van der Waals surface area (Å²) in [5.41, 5.74) is 1.97. The maximum Gasteiger partial charge on any atom is 0.194 e. The Morgan fingerprint density at radius 2 is 2.21 bits per heavy atom. The minimum Gasteiger partial charge on any atom is -0.441 e. The van der Waals surface area contributed by atoms with E-state index in [4.69, 9.17) is 16.0 Å². The topological polar surface area (TPSA) is 25.2 Å². The quantitative estimate of drug-likeness (QED) is 0.782. The Morgan fingerprint density at radius 1 is 1.36 bits per heavy atom. The summed E-state index contributed by atoms with van der Waals surface area (Å²) in [5, 5.41) is 4.24. The third-order valence-corrected chi connectivity index (χ3v) is 2.40. The Kier molecular flexibility index (Phi) is 2.64. The second kappa shape index (κ2) is 3.93. The van der Waals surface area contributed by atoms with Gasteiger partial charge in [-0.2, -0.15) is 0 Å². The average molecular weight is 210 g/mol. The summed E-state index contributed by atoms with van der Waals surface area (Å²) < 4.78 is 5.58. The maximum atomic E-state index is 5.74. The van der Waals surface area contributed by atoms with Crippen molar-refractivity contribution in [2.45, 2.75) is 12.8 Å². The summed E-state index contributed by atoms with van der Waals surface area (Å²) >= 11 is 5.74. The normalized spacial score (nSPS) is 10.7. The Balaban J connectivity index is 2.43. The molecule has 0 saturated carbocycles. The van der Waals surface area contributed by atoms with Crippen LogP contribution in [0.5, 0.6) is 0 Å². The van der Waals surface area contributed by atoms with Gasteiger partial charge in [-0.25, -0.2) is 0 Å². The van der Waals surface area contributed by atoms with Crippen LogP contribution < -0.4 is 5.32 Å². The van der Waals surface area contributed by atoms with E-state index in [1.807, 2.05) is 31.2 Å². The molecule has 0 fully saturated rings. The van der Waals surface area contributed by atoms with Crippen LogP contribution in [0.1, 0.15) is 12.5 Å². The van der Waals surface area contributed by atoms with Gasteiger partial charge in [0.1, 0.15) is 5.58 Å². The molecule has 0 atom stereocenters. The van der Waals surface area contributed by atoms with Crippen LogP contribution in [0.25, 0.3) is 11.0 Å². The molecule has 2 aromatic rings. The van der Waals surface area contributed by atoms with Crippen LogP contribution in [0, 0.1) is 0 Å². The second-order valence-corrected chi connectivity index (χ2v) is 3.41. The monoisotopic (exact) mass is 209 g/mol. The highest BCUT2D eigenvalue weighted by atomic mass is 35.5. The first-order valence-corrected chi connectivity index (χ1v) is 5.19. The lowest BCUT2D eigenvalue weighted by atomic mass is 10.2. The lowest BCUT2D eigenvalue weighted by Gasteiger charge is -1.94. The number of hydrogen-bond acceptors (Lipinski definition) is 2. The van der Waals surface area contributed by atoms with Crippen molar-refractivity contribution in [2.75, 3.05) is 11.9 Å². The van der Waals surface area contributed by atoms with Crippen LogP contribution in [0.4, 0.5) is 5.88 Å². The first-order chi connectivity index (χ1) is 6.83. The first kappa shape index (κ1) is 9.41. The molecular formula is C11H12ClNO. The van der Waals surface area contributed by atoms with Crippen molar-refractivity contribution in [1.29, 1.82) is 0 Å². The van der Waals surface area contributed by atoms with Crippen LogP contribution in [-0.2, 0) is 5.88 Å². The largest absolute Gasteiger partial charge is 0.441 e. The molecule has 0 bridgehead atoms. The number of alkyl halides is 1. The van der Waals surface area contributed by atoms with Gasteiger partial charge in [0.05, 0.1) is 0 Å². The molecule has 1 aromatic carbocycles. The fourth-order valence-corrected chi connectivity index (χ4v) is 1.59. The number of benzene rings is 1. The number of nitrogens with one attached hydrogen (secondary N) is 1. The van der Waals surface area contributed by atoms with Gasteiger partial charge in [0.2, 0.25) is 0 Å². The van der Waals surface area contributed by atoms with E-state index in [1.165, 1.54) is 0 Å². The number of anilines is 1. The number of furan rings is 1. The van der Waals surface area contributed by atoms with Gasteiger partial charge >= 0.3 is 0 Å². The van der Waals surface area contributed by atoms with E-state index < -0.39 is 0 Å². The zero-order chi connectivity index (χ0) is 9.97. The molecular weight excluding hydrogens is 198 g/mol. The number of fused-ring (bicyclic) bond motifs is 1. The van der Waals surface area contributed by atoms with E-state index in [-0.39, 0.29) is 0 Å². The molecule has 2 rings (SSSR count). The fraction of sp³-hybridized carbons (Fsp3) is 0.273. The van der Waals surface area contributed by atoms with Crippen LogP contribution in [0.2, 0.25) is 0 Å². The van der Waals surface area contributed by atoms with Gasteiger partial charge in [-0.05, 0) is 18.6 Å². The zero-order valence-corrected chi connectivity index (χ0v) is 8.77. The Labute approximate surface area is 87.9 Å². The van der Waals surface area contributed by atoms with Gasteiger partial charge in [0.25, 0.3) is 0 Å². The minimum atomic E-state index is 0.521. The molecule has 0 amide bonds. The number of hydrogen-bond donors (Lipinski definition) is 1.